The van der Waals surface area contributed by atoms with Gasteiger partial charge in [0.05, 0.1) is 12.3 Å². The van der Waals surface area contributed by atoms with E-state index in [9.17, 15) is 4.79 Å². The summed E-state index contributed by atoms with van der Waals surface area (Å²) >= 11 is 0. The van der Waals surface area contributed by atoms with Crippen LogP contribution in [0.25, 0.3) is 0 Å². The molecule has 4 heteroatoms. The zero-order chi connectivity index (χ0) is 15.9. The topological polar surface area (TPSA) is 55.6 Å². The molecule has 0 aliphatic heterocycles. The van der Waals surface area contributed by atoms with E-state index in [1.807, 2.05) is 55.5 Å². The minimum atomic E-state index is 0.0821. The molecule has 0 atom stereocenters. The highest BCUT2D eigenvalue weighted by Crippen LogP contribution is 2.23. The summed E-state index contributed by atoms with van der Waals surface area (Å²) < 4.78 is 5.41. The van der Waals surface area contributed by atoms with Gasteiger partial charge in [-0.05, 0) is 43.2 Å². The SMILES string of the molecule is CCOc1ccc(CCC(=O)N(C)c2ccccc2)cc1N. The fourth-order valence-electron chi connectivity index (χ4n) is 2.25. The maximum atomic E-state index is 12.2. The van der Waals surface area contributed by atoms with Crippen molar-refractivity contribution in [3.63, 3.8) is 0 Å². The quantitative estimate of drug-likeness (QED) is 0.833. The molecule has 0 saturated carbocycles. The lowest BCUT2D eigenvalue weighted by Crippen LogP contribution is -2.26. The van der Waals surface area contributed by atoms with Crippen molar-refractivity contribution in [2.75, 3.05) is 24.3 Å². The van der Waals surface area contributed by atoms with Crippen molar-refractivity contribution >= 4 is 17.3 Å². The van der Waals surface area contributed by atoms with E-state index in [-0.39, 0.29) is 5.91 Å². The van der Waals surface area contributed by atoms with Gasteiger partial charge in [-0.15, -0.1) is 0 Å². The summed E-state index contributed by atoms with van der Waals surface area (Å²) in [5.41, 5.74) is 8.50. The molecule has 1 amide bonds. The third kappa shape index (κ3) is 4.01. The van der Waals surface area contributed by atoms with Gasteiger partial charge in [0.1, 0.15) is 5.75 Å². The summed E-state index contributed by atoms with van der Waals surface area (Å²) in [7, 11) is 1.80. The number of hydrogen-bond donors (Lipinski definition) is 1. The van der Waals surface area contributed by atoms with Gasteiger partial charge in [-0.2, -0.15) is 0 Å². The van der Waals surface area contributed by atoms with Gasteiger partial charge in [0.2, 0.25) is 5.91 Å². The Hall–Kier alpha value is -2.49. The Morgan fingerprint density at radius 1 is 1.18 bits per heavy atom. The van der Waals surface area contributed by atoms with Gasteiger partial charge >= 0.3 is 0 Å². The number of amides is 1. The molecule has 2 aromatic carbocycles. The van der Waals surface area contributed by atoms with E-state index >= 15 is 0 Å². The van der Waals surface area contributed by atoms with Crippen molar-refractivity contribution in [3.8, 4) is 5.75 Å². The van der Waals surface area contributed by atoms with E-state index in [0.717, 1.165) is 11.3 Å². The van der Waals surface area contributed by atoms with Crippen LogP contribution in [0.2, 0.25) is 0 Å². The maximum absolute atomic E-state index is 12.2. The van der Waals surface area contributed by atoms with E-state index in [2.05, 4.69) is 0 Å². The average Bonchev–Trinajstić information content (AvgIpc) is 2.55. The summed E-state index contributed by atoms with van der Waals surface area (Å²) in [5.74, 6) is 0.776. The summed E-state index contributed by atoms with van der Waals surface area (Å²) in [6, 6.07) is 15.3. The number of nitrogens with two attached hydrogens (primary N) is 1. The van der Waals surface area contributed by atoms with Crippen LogP contribution in [0.15, 0.2) is 48.5 Å². The lowest BCUT2D eigenvalue weighted by atomic mass is 10.1. The lowest BCUT2D eigenvalue weighted by Gasteiger charge is -2.17. The summed E-state index contributed by atoms with van der Waals surface area (Å²) in [6.45, 7) is 2.51. The number of anilines is 2. The van der Waals surface area contributed by atoms with Crippen LogP contribution in [0.5, 0.6) is 5.75 Å². The van der Waals surface area contributed by atoms with Crippen molar-refractivity contribution in [2.24, 2.45) is 0 Å². The minimum Gasteiger partial charge on any atom is -0.492 e. The average molecular weight is 298 g/mol. The smallest absolute Gasteiger partial charge is 0.227 e. The first-order chi connectivity index (χ1) is 10.6. The monoisotopic (exact) mass is 298 g/mol. The zero-order valence-corrected chi connectivity index (χ0v) is 13.1. The fourth-order valence-corrected chi connectivity index (χ4v) is 2.25. The molecule has 0 radical (unpaired) electrons. The van der Waals surface area contributed by atoms with Gasteiger partial charge in [0, 0.05) is 19.2 Å². The molecule has 2 rings (SSSR count). The fraction of sp³-hybridized carbons (Fsp3) is 0.278. The van der Waals surface area contributed by atoms with Gasteiger partial charge < -0.3 is 15.4 Å². The first-order valence-corrected chi connectivity index (χ1v) is 7.44. The molecular formula is C18H22N2O2. The van der Waals surface area contributed by atoms with Gasteiger partial charge in [0.25, 0.3) is 0 Å². The number of nitrogen functional groups attached to an aromatic ring is 1. The summed E-state index contributed by atoms with van der Waals surface area (Å²) in [5, 5.41) is 0. The zero-order valence-electron chi connectivity index (χ0n) is 13.1. The molecule has 0 aliphatic carbocycles. The second-order valence-corrected chi connectivity index (χ2v) is 5.09. The molecule has 2 aromatic rings. The molecular weight excluding hydrogens is 276 g/mol. The van der Waals surface area contributed by atoms with Crippen molar-refractivity contribution < 1.29 is 9.53 Å². The predicted octanol–water partition coefficient (Wildman–Crippen LogP) is 3.26. The van der Waals surface area contributed by atoms with Crippen LogP contribution in [0.1, 0.15) is 18.9 Å². The molecule has 0 aromatic heterocycles. The van der Waals surface area contributed by atoms with Gasteiger partial charge in [-0.3, -0.25) is 4.79 Å². The van der Waals surface area contributed by atoms with E-state index in [1.54, 1.807) is 11.9 Å². The summed E-state index contributed by atoms with van der Waals surface area (Å²) in [4.78, 5) is 13.9. The second-order valence-electron chi connectivity index (χ2n) is 5.09. The molecule has 4 nitrogen and oxygen atoms in total. The van der Waals surface area contributed by atoms with Crippen molar-refractivity contribution in [1.82, 2.24) is 0 Å². The molecule has 22 heavy (non-hydrogen) atoms. The Balaban J connectivity index is 1.95. The number of carbonyl (C=O) groups excluding carboxylic acids is 1. The third-order valence-corrected chi connectivity index (χ3v) is 3.52. The molecule has 0 saturated heterocycles. The van der Waals surface area contributed by atoms with E-state index in [1.165, 1.54) is 0 Å². The molecule has 0 spiro atoms. The van der Waals surface area contributed by atoms with Crippen molar-refractivity contribution in [1.29, 1.82) is 0 Å². The van der Waals surface area contributed by atoms with Gasteiger partial charge in [-0.1, -0.05) is 24.3 Å². The van der Waals surface area contributed by atoms with Crippen LogP contribution in [-0.4, -0.2) is 19.6 Å². The van der Waals surface area contributed by atoms with E-state index in [4.69, 9.17) is 10.5 Å². The summed E-state index contributed by atoms with van der Waals surface area (Å²) in [6.07, 6.45) is 1.10. The largest absolute Gasteiger partial charge is 0.492 e. The Morgan fingerprint density at radius 3 is 2.55 bits per heavy atom. The van der Waals surface area contributed by atoms with Gasteiger partial charge in [-0.25, -0.2) is 0 Å². The highest BCUT2D eigenvalue weighted by atomic mass is 16.5. The third-order valence-electron chi connectivity index (χ3n) is 3.52. The van der Waals surface area contributed by atoms with Crippen molar-refractivity contribution in [3.05, 3.63) is 54.1 Å². The maximum Gasteiger partial charge on any atom is 0.227 e. The van der Waals surface area contributed by atoms with Gasteiger partial charge in [0.15, 0.2) is 0 Å². The Labute approximate surface area is 131 Å². The number of ether oxygens (including phenoxy) is 1. The highest BCUT2D eigenvalue weighted by Gasteiger charge is 2.11. The van der Waals surface area contributed by atoms with E-state index in [0.29, 0.717) is 30.9 Å². The molecule has 0 fully saturated rings. The minimum absolute atomic E-state index is 0.0821. The van der Waals surface area contributed by atoms with Crippen LogP contribution in [0, 0.1) is 0 Å². The number of hydrogen-bond acceptors (Lipinski definition) is 3. The van der Waals surface area contributed by atoms with Crippen LogP contribution < -0.4 is 15.4 Å². The number of nitrogens with zero attached hydrogens (tertiary/aromatic N) is 1. The van der Waals surface area contributed by atoms with Crippen LogP contribution >= 0.6 is 0 Å². The first kappa shape index (κ1) is 15.9. The number of carbonyl (C=O) groups is 1. The molecule has 0 unspecified atom stereocenters. The van der Waals surface area contributed by atoms with Crippen LogP contribution in [0.3, 0.4) is 0 Å². The Bertz CT molecular complexity index is 626. The highest BCUT2D eigenvalue weighted by molar-refractivity contribution is 5.92. The standard InChI is InChI=1S/C18H22N2O2/c1-3-22-17-11-9-14(13-16(17)19)10-12-18(21)20(2)15-7-5-4-6-8-15/h4-9,11,13H,3,10,12,19H2,1-2H3. The lowest BCUT2D eigenvalue weighted by molar-refractivity contribution is -0.118. The predicted molar refractivity (Wildman–Crippen MR) is 90.2 cm³/mol. The van der Waals surface area contributed by atoms with E-state index < -0.39 is 0 Å². The molecule has 0 heterocycles. The number of rotatable bonds is 6. The Kier molecular flexibility index (Phi) is 5.42. The molecule has 116 valence electrons. The molecule has 0 aliphatic rings. The normalized spacial score (nSPS) is 10.3. The molecule has 0 bridgehead atoms. The Morgan fingerprint density at radius 2 is 1.91 bits per heavy atom. The second kappa shape index (κ2) is 7.50. The first-order valence-electron chi connectivity index (χ1n) is 7.44. The molecule has 2 N–H and O–H groups in total. The number of aryl methyl sites for hydroxylation is 1. The number of para-hydroxylation sites is 1. The van der Waals surface area contributed by atoms with Crippen molar-refractivity contribution in [2.45, 2.75) is 19.8 Å². The van der Waals surface area contributed by atoms with Crippen LogP contribution in [-0.2, 0) is 11.2 Å². The van der Waals surface area contributed by atoms with Crippen LogP contribution in [0.4, 0.5) is 11.4 Å². The number of benzene rings is 2.